The van der Waals surface area contributed by atoms with Crippen molar-refractivity contribution in [1.29, 1.82) is 0 Å². The number of rotatable bonds is 4. The summed E-state index contributed by atoms with van der Waals surface area (Å²) in [7, 11) is 0. The van der Waals surface area contributed by atoms with Crippen molar-refractivity contribution in [2.45, 2.75) is 19.6 Å². The van der Waals surface area contributed by atoms with Crippen LogP contribution in [0.3, 0.4) is 0 Å². The van der Waals surface area contributed by atoms with Gasteiger partial charge >= 0.3 is 6.18 Å². The molecule has 10 heteroatoms. The highest BCUT2D eigenvalue weighted by atomic mass is 19.4. The van der Waals surface area contributed by atoms with Crippen molar-refractivity contribution in [2.75, 3.05) is 5.32 Å². The summed E-state index contributed by atoms with van der Waals surface area (Å²) < 4.78 is 43.1. The maximum Gasteiger partial charge on any atom is 0.423 e. The third kappa shape index (κ3) is 3.46. The van der Waals surface area contributed by atoms with Gasteiger partial charge in [-0.05, 0) is 19.1 Å². The molecule has 0 saturated heterocycles. The van der Waals surface area contributed by atoms with E-state index in [1.165, 1.54) is 6.07 Å². The Bertz CT molecular complexity index is 669. The quantitative estimate of drug-likeness (QED) is 0.689. The number of nitrogens with one attached hydrogen (secondary N) is 1. The van der Waals surface area contributed by atoms with Gasteiger partial charge in [0.15, 0.2) is 5.82 Å². The lowest BCUT2D eigenvalue weighted by molar-refractivity contribution is -0.388. The van der Waals surface area contributed by atoms with Crippen LogP contribution in [0.2, 0.25) is 0 Å². The number of hydrogen-bond acceptors (Lipinski definition) is 6. The van der Waals surface area contributed by atoms with Gasteiger partial charge in [-0.25, -0.2) is 0 Å². The highest BCUT2D eigenvalue weighted by Gasteiger charge is 2.38. The Hall–Kier alpha value is -2.65. The Kier molecular flexibility index (Phi) is 3.78. The minimum Gasteiger partial charge on any atom is -0.376 e. The van der Waals surface area contributed by atoms with Gasteiger partial charge in [0.25, 0.3) is 5.69 Å². The Morgan fingerprint density at radius 3 is 2.67 bits per heavy atom. The summed E-state index contributed by atoms with van der Waals surface area (Å²) in [5.41, 5.74) is -2.26. The Balaban J connectivity index is 2.23. The molecule has 1 aromatic carbocycles. The van der Waals surface area contributed by atoms with Gasteiger partial charge < -0.3 is 9.84 Å². The van der Waals surface area contributed by atoms with Gasteiger partial charge in [0.2, 0.25) is 5.89 Å². The fourth-order valence-corrected chi connectivity index (χ4v) is 1.62. The molecule has 112 valence electrons. The van der Waals surface area contributed by atoms with Crippen molar-refractivity contribution in [3.63, 3.8) is 0 Å². The fourth-order valence-electron chi connectivity index (χ4n) is 1.62. The monoisotopic (exact) mass is 302 g/mol. The molecule has 0 aliphatic rings. The van der Waals surface area contributed by atoms with E-state index in [4.69, 9.17) is 4.52 Å². The van der Waals surface area contributed by atoms with Crippen LogP contribution in [0.5, 0.6) is 0 Å². The van der Waals surface area contributed by atoms with Crippen LogP contribution < -0.4 is 5.32 Å². The molecule has 1 N–H and O–H groups in total. The molecule has 0 saturated carbocycles. The van der Waals surface area contributed by atoms with Gasteiger partial charge in [0.1, 0.15) is 5.56 Å². The Morgan fingerprint density at radius 2 is 2.14 bits per heavy atom. The number of halogens is 3. The van der Waals surface area contributed by atoms with E-state index in [1.54, 1.807) is 6.92 Å². The zero-order valence-corrected chi connectivity index (χ0v) is 10.6. The maximum atomic E-state index is 12.8. The molecule has 1 aromatic heterocycles. The summed E-state index contributed by atoms with van der Waals surface area (Å²) in [6.45, 7) is 1.61. The van der Waals surface area contributed by atoms with Crippen LogP contribution in [0.1, 0.15) is 17.3 Å². The lowest BCUT2D eigenvalue weighted by Crippen LogP contribution is -2.10. The molecule has 0 atom stereocenters. The van der Waals surface area contributed by atoms with Crippen molar-refractivity contribution in [3.05, 3.63) is 45.6 Å². The number of aryl methyl sites for hydroxylation is 1. The number of nitro benzene ring substituents is 1. The van der Waals surface area contributed by atoms with Crippen LogP contribution in [-0.2, 0) is 12.7 Å². The van der Waals surface area contributed by atoms with E-state index in [1.807, 2.05) is 0 Å². The van der Waals surface area contributed by atoms with Gasteiger partial charge in [-0.15, -0.1) is 0 Å². The second-order valence-electron chi connectivity index (χ2n) is 4.08. The first-order valence-electron chi connectivity index (χ1n) is 5.66. The topological polar surface area (TPSA) is 94.1 Å². The van der Waals surface area contributed by atoms with Crippen LogP contribution in [0, 0.1) is 17.0 Å². The molecule has 1 heterocycles. The number of alkyl halides is 3. The summed E-state index contributed by atoms with van der Waals surface area (Å²) in [6, 6.07) is 2.64. The molecule has 21 heavy (non-hydrogen) atoms. The molecule has 2 aromatic rings. The molecule has 0 fully saturated rings. The third-order valence-corrected chi connectivity index (χ3v) is 2.51. The van der Waals surface area contributed by atoms with E-state index in [0.29, 0.717) is 11.9 Å². The molecule has 0 aliphatic heterocycles. The standard InChI is InChI=1S/C11H9F3N4O3/c1-6-16-10(21-17-6)5-15-7-2-3-9(18(19)20)8(4-7)11(12,13)14/h2-4,15H,5H2,1H3. The second-order valence-corrected chi connectivity index (χ2v) is 4.08. The molecule has 0 unspecified atom stereocenters. The highest BCUT2D eigenvalue weighted by Crippen LogP contribution is 2.37. The molecular weight excluding hydrogens is 293 g/mol. The van der Waals surface area contributed by atoms with Crippen molar-refractivity contribution in [1.82, 2.24) is 10.1 Å². The second kappa shape index (κ2) is 5.38. The van der Waals surface area contributed by atoms with E-state index in [2.05, 4.69) is 15.5 Å². The largest absolute Gasteiger partial charge is 0.423 e. The van der Waals surface area contributed by atoms with Gasteiger partial charge in [0, 0.05) is 11.8 Å². The number of aromatic nitrogens is 2. The zero-order chi connectivity index (χ0) is 15.6. The van der Waals surface area contributed by atoms with Crippen molar-refractivity contribution < 1.29 is 22.6 Å². The van der Waals surface area contributed by atoms with Gasteiger partial charge in [-0.3, -0.25) is 10.1 Å². The summed E-state index contributed by atoms with van der Waals surface area (Å²) in [6.07, 6.45) is -4.82. The first-order chi connectivity index (χ1) is 9.77. The number of nitro groups is 1. The number of nitrogens with zero attached hydrogens (tertiary/aromatic N) is 3. The number of benzene rings is 1. The molecule has 7 nitrogen and oxygen atoms in total. The highest BCUT2D eigenvalue weighted by molar-refractivity contribution is 5.55. The fraction of sp³-hybridized carbons (Fsp3) is 0.273. The van der Waals surface area contributed by atoms with E-state index in [-0.39, 0.29) is 18.1 Å². The first-order valence-corrected chi connectivity index (χ1v) is 5.66. The Morgan fingerprint density at radius 1 is 1.43 bits per heavy atom. The van der Waals surface area contributed by atoms with Crippen LogP contribution in [0.15, 0.2) is 22.7 Å². The van der Waals surface area contributed by atoms with E-state index < -0.39 is 22.4 Å². The van der Waals surface area contributed by atoms with Crippen LogP contribution in [0.25, 0.3) is 0 Å². The van der Waals surface area contributed by atoms with Gasteiger partial charge in [-0.2, -0.15) is 18.2 Å². The smallest absolute Gasteiger partial charge is 0.376 e. The van der Waals surface area contributed by atoms with E-state index >= 15 is 0 Å². The van der Waals surface area contributed by atoms with Crippen molar-refractivity contribution in [3.8, 4) is 0 Å². The molecule has 0 aliphatic carbocycles. The predicted octanol–water partition coefficient (Wildman–Crippen LogP) is 2.92. The van der Waals surface area contributed by atoms with Gasteiger partial charge in [-0.1, -0.05) is 5.16 Å². The van der Waals surface area contributed by atoms with E-state index in [0.717, 1.165) is 6.07 Å². The van der Waals surface area contributed by atoms with Crippen molar-refractivity contribution in [2.24, 2.45) is 0 Å². The Labute approximate surface area is 115 Å². The number of hydrogen-bond donors (Lipinski definition) is 1. The minimum atomic E-state index is -4.82. The number of anilines is 1. The van der Waals surface area contributed by atoms with Gasteiger partial charge in [0.05, 0.1) is 11.5 Å². The molecule has 0 radical (unpaired) electrons. The summed E-state index contributed by atoms with van der Waals surface area (Å²) in [5, 5.41) is 16.8. The van der Waals surface area contributed by atoms with Crippen LogP contribution >= 0.6 is 0 Å². The predicted molar refractivity (Wildman–Crippen MR) is 64.5 cm³/mol. The third-order valence-electron chi connectivity index (χ3n) is 2.51. The molecule has 0 spiro atoms. The molecule has 0 bridgehead atoms. The average Bonchev–Trinajstić information content (AvgIpc) is 2.81. The SMILES string of the molecule is Cc1noc(CNc2ccc([N+](=O)[O-])c(C(F)(F)F)c2)n1. The summed E-state index contributed by atoms with van der Waals surface area (Å²) >= 11 is 0. The zero-order valence-electron chi connectivity index (χ0n) is 10.6. The van der Waals surface area contributed by atoms with Crippen LogP contribution in [0.4, 0.5) is 24.5 Å². The minimum absolute atomic E-state index is 0.00987. The summed E-state index contributed by atoms with van der Waals surface area (Å²) in [4.78, 5) is 13.4. The average molecular weight is 302 g/mol. The normalized spacial score (nSPS) is 11.4. The van der Waals surface area contributed by atoms with Crippen molar-refractivity contribution >= 4 is 11.4 Å². The lowest BCUT2D eigenvalue weighted by Gasteiger charge is -2.10. The molecule has 0 amide bonds. The summed E-state index contributed by atoms with van der Waals surface area (Å²) in [5.74, 6) is 0.589. The molecule has 2 rings (SSSR count). The lowest BCUT2D eigenvalue weighted by atomic mass is 10.1. The first kappa shape index (κ1) is 14.8. The van der Waals surface area contributed by atoms with E-state index in [9.17, 15) is 23.3 Å². The maximum absolute atomic E-state index is 12.8. The molecular formula is C11H9F3N4O3. The van der Waals surface area contributed by atoms with Crippen LogP contribution in [-0.4, -0.2) is 15.1 Å².